The lowest BCUT2D eigenvalue weighted by Gasteiger charge is -2.37. The molecule has 2 aromatic rings. The molecule has 0 amide bonds. The van der Waals surface area contributed by atoms with Gasteiger partial charge in [-0.1, -0.05) is 54.1 Å². The maximum atomic E-state index is 6.17. The molecule has 100 valence electrons. The second-order valence-electron chi connectivity index (χ2n) is 5.62. The monoisotopic (exact) mass is 281 g/mol. The third-order valence-electron chi connectivity index (χ3n) is 4.48. The zero-order valence-electron chi connectivity index (χ0n) is 11.1. The van der Waals surface area contributed by atoms with E-state index in [9.17, 15) is 0 Å². The summed E-state index contributed by atoms with van der Waals surface area (Å²) < 4.78 is 0. The van der Waals surface area contributed by atoms with Crippen molar-refractivity contribution in [3.05, 3.63) is 76.8 Å². The molecule has 0 spiro atoms. The van der Waals surface area contributed by atoms with E-state index in [4.69, 9.17) is 11.6 Å². The molecule has 20 heavy (non-hydrogen) atoms. The number of halogens is 1. The van der Waals surface area contributed by atoms with Crippen molar-refractivity contribution in [2.75, 3.05) is 5.32 Å². The summed E-state index contributed by atoms with van der Waals surface area (Å²) in [6.45, 7) is 0. The molecule has 0 unspecified atom stereocenters. The normalized spacial score (nSPS) is 26.8. The molecule has 1 aliphatic heterocycles. The fraction of sp³-hybridized carbons (Fsp3) is 0.222. The van der Waals surface area contributed by atoms with E-state index in [2.05, 4.69) is 59.9 Å². The van der Waals surface area contributed by atoms with Gasteiger partial charge in [-0.15, -0.1) is 0 Å². The predicted octanol–water partition coefficient (Wildman–Crippen LogP) is 5.17. The quantitative estimate of drug-likeness (QED) is 0.711. The maximum Gasteiger partial charge on any atom is 0.0553 e. The Morgan fingerprint density at radius 3 is 2.75 bits per heavy atom. The van der Waals surface area contributed by atoms with E-state index in [1.54, 1.807) is 0 Å². The van der Waals surface area contributed by atoms with Crippen molar-refractivity contribution in [1.29, 1.82) is 0 Å². The van der Waals surface area contributed by atoms with E-state index in [1.165, 1.54) is 16.8 Å². The first-order chi connectivity index (χ1) is 9.83. The van der Waals surface area contributed by atoms with Gasteiger partial charge < -0.3 is 5.32 Å². The summed E-state index contributed by atoms with van der Waals surface area (Å²) in [7, 11) is 0. The van der Waals surface area contributed by atoms with E-state index in [-0.39, 0.29) is 0 Å². The van der Waals surface area contributed by atoms with Crippen LogP contribution >= 0.6 is 11.6 Å². The predicted molar refractivity (Wildman–Crippen MR) is 84.2 cm³/mol. The Bertz CT molecular complexity index is 662. The zero-order valence-corrected chi connectivity index (χ0v) is 11.8. The third-order valence-corrected chi connectivity index (χ3v) is 4.72. The van der Waals surface area contributed by atoms with Crippen LogP contribution in [0.4, 0.5) is 5.69 Å². The van der Waals surface area contributed by atoms with Gasteiger partial charge in [-0.3, -0.25) is 0 Å². The van der Waals surface area contributed by atoms with Gasteiger partial charge in [0, 0.05) is 16.6 Å². The van der Waals surface area contributed by atoms with Gasteiger partial charge in [0.2, 0.25) is 0 Å². The molecular formula is C18H16ClN. The Morgan fingerprint density at radius 1 is 1.05 bits per heavy atom. The molecule has 2 aliphatic rings. The van der Waals surface area contributed by atoms with Gasteiger partial charge in [0.15, 0.2) is 0 Å². The smallest absolute Gasteiger partial charge is 0.0553 e. The average molecular weight is 282 g/mol. The summed E-state index contributed by atoms with van der Waals surface area (Å²) >= 11 is 6.17. The first-order valence-corrected chi connectivity index (χ1v) is 7.48. The molecule has 1 N–H and O–H groups in total. The molecular weight excluding hydrogens is 266 g/mol. The number of hydrogen-bond acceptors (Lipinski definition) is 1. The summed E-state index contributed by atoms with van der Waals surface area (Å²) in [5.74, 6) is 1.07. The topological polar surface area (TPSA) is 12.0 Å². The van der Waals surface area contributed by atoms with Crippen LogP contribution in [0.2, 0.25) is 5.02 Å². The van der Waals surface area contributed by atoms with Crippen molar-refractivity contribution >= 4 is 17.3 Å². The number of rotatable bonds is 1. The Balaban J connectivity index is 1.80. The van der Waals surface area contributed by atoms with Crippen LogP contribution in [0.3, 0.4) is 0 Å². The number of allylic oxidation sites excluding steroid dienone is 2. The highest BCUT2D eigenvalue weighted by Crippen LogP contribution is 2.50. The Morgan fingerprint density at radius 2 is 1.90 bits per heavy atom. The molecule has 0 bridgehead atoms. The van der Waals surface area contributed by atoms with Gasteiger partial charge in [-0.25, -0.2) is 0 Å². The summed E-state index contributed by atoms with van der Waals surface area (Å²) in [4.78, 5) is 0. The molecule has 4 rings (SSSR count). The lowest BCUT2D eigenvalue weighted by atomic mass is 9.77. The van der Waals surface area contributed by atoms with Crippen LogP contribution in [0, 0.1) is 5.92 Å². The third kappa shape index (κ3) is 1.85. The van der Waals surface area contributed by atoms with Gasteiger partial charge in [0.05, 0.1) is 6.04 Å². The van der Waals surface area contributed by atoms with Crippen LogP contribution < -0.4 is 5.32 Å². The molecule has 1 nitrogen and oxygen atoms in total. The summed E-state index contributed by atoms with van der Waals surface area (Å²) in [6, 6.07) is 17.3. The Kier molecular flexibility index (Phi) is 2.82. The lowest BCUT2D eigenvalue weighted by molar-refractivity contribution is 0.425. The van der Waals surface area contributed by atoms with Crippen LogP contribution in [-0.2, 0) is 0 Å². The maximum absolute atomic E-state index is 6.17. The van der Waals surface area contributed by atoms with Crippen molar-refractivity contribution in [1.82, 2.24) is 0 Å². The van der Waals surface area contributed by atoms with E-state index >= 15 is 0 Å². The minimum absolute atomic E-state index is 0.380. The molecule has 0 aromatic heterocycles. The number of fused-ring (bicyclic) bond motifs is 3. The number of hydrogen-bond donors (Lipinski definition) is 1. The minimum atomic E-state index is 0.380. The lowest BCUT2D eigenvalue weighted by Crippen LogP contribution is -2.28. The van der Waals surface area contributed by atoms with Crippen LogP contribution in [-0.4, -0.2) is 0 Å². The molecule has 2 aromatic carbocycles. The molecule has 1 heterocycles. The van der Waals surface area contributed by atoms with Crippen molar-refractivity contribution < 1.29 is 0 Å². The highest BCUT2D eigenvalue weighted by Gasteiger charge is 2.37. The van der Waals surface area contributed by atoms with Crippen LogP contribution in [0.25, 0.3) is 0 Å². The minimum Gasteiger partial charge on any atom is -0.378 e. The first kappa shape index (κ1) is 12.0. The molecule has 0 saturated carbocycles. The molecule has 3 atom stereocenters. The SMILES string of the molecule is Clc1ccc2c(c1)[C@@H]1C=CC[C@H]1[C@@H](c1ccccc1)N2. The van der Waals surface area contributed by atoms with Crippen molar-refractivity contribution in [2.45, 2.75) is 18.4 Å². The van der Waals surface area contributed by atoms with Crippen molar-refractivity contribution in [2.24, 2.45) is 5.92 Å². The second kappa shape index (κ2) is 4.68. The van der Waals surface area contributed by atoms with Gasteiger partial charge in [-0.2, -0.15) is 0 Å². The molecule has 0 saturated heterocycles. The average Bonchev–Trinajstić information content (AvgIpc) is 2.97. The fourth-order valence-electron chi connectivity index (χ4n) is 3.56. The second-order valence-corrected chi connectivity index (χ2v) is 6.05. The van der Waals surface area contributed by atoms with E-state index in [0.29, 0.717) is 17.9 Å². The van der Waals surface area contributed by atoms with E-state index in [0.717, 1.165) is 11.4 Å². The van der Waals surface area contributed by atoms with Crippen LogP contribution in [0.1, 0.15) is 29.5 Å². The Labute approximate surface area is 124 Å². The highest BCUT2D eigenvalue weighted by molar-refractivity contribution is 6.30. The van der Waals surface area contributed by atoms with E-state index < -0.39 is 0 Å². The van der Waals surface area contributed by atoms with Crippen LogP contribution in [0.15, 0.2) is 60.7 Å². The van der Waals surface area contributed by atoms with Crippen molar-refractivity contribution in [3.63, 3.8) is 0 Å². The van der Waals surface area contributed by atoms with Crippen LogP contribution in [0.5, 0.6) is 0 Å². The molecule has 1 aliphatic carbocycles. The van der Waals surface area contributed by atoms with Crippen molar-refractivity contribution in [3.8, 4) is 0 Å². The molecule has 0 fully saturated rings. The zero-order chi connectivity index (χ0) is 13.5. The Hall–Kier alpha value is -1.73. The summed E-state index contributed by atoms with van der Waals surface area (Å²) in [5, 5.41) is 4.54. The van der Waals surface area contributed by atoms with Gasteiger partial charge >= 0.3 is 0 Å². The van der Waals surface area contributed by atoms with E-state index in [1.807, 2.05) is 6.07 Å². The summed E-state index contributed by atoms with van der Waals surface area (Å²) in [5.41, 5.74) is 3.92. The highest BCUT2D eigenvalue weighted by atomic mass is 35.5. The standard InChI is InChI=1S/C18H16ClN/c19-13-9-10-17-16(11-13)14-7-4-8-15(14)18(20-17)12-5-2-1-3-6-12/h1-7,9-11,14-15,18,20H,8H2/t14-,15-,18-/m1/s1. The number of anilines is 1. The van der Waals surface area contributed by atoms with Gasteiger partial charge in [0.1, 0.15) is 0 Å². The van der Waals surface area contributed by atoms with Gasteiger partial charge in [0.25, 0.3) is 0 Å². The molecule has 0 radical (unpaired) electrons. The largest absolute Gasteiger partial charge is 0.378 e. The molecule has 2 heteroatoms. The fourth-order valence-corrected chi connectivity index (χ4v) is 3.74. The summed E-state index contributed by atoms with van der Waals surface area (Å²) in [6.07, 6.45) is 5.78. The number of nitrogens with one attached hydrogen (secondary N) is 1. The van der Waals surface area contributed by atoms with Gasteiger partial charge in [-0.05, 0) is 41.7 Å². The number of benzene rings is 2. The first-order valence-electron chi connectivity index (χ1n) is 7.10.